The van der Waals surface area contributed by atoms with Gasteiger partial charge in [0, 0.05) is 24.2 Å². The Balaban J connectivity index is 2.43. The third kappa shape index (κ3) is 3.94. The molecule has 0 aromatic heterocycles. The molecule has 2 rings (SSSR count). The number of aliphatic hydroxyl groups excluding tert-OH is 1. The Kier molecular flexibility index (Phi) is 3.66. The highest BCUT2D eigenvalue weighted by Gasteiger charge is 2.23. The molecule has 3 N–H and O–H groups in total. The quantitative estimate of drug-likeness (QED) is 0.769. The van der Waals surface area contributed by atoms with E-state index in [-0.39, 0.29) is 44.4 Å². The second kappa shape index (κ2) is 6.57. The zero-order valence-corrected chi connectivity index (χ0v) is 13.9. The minimum absolute atomic E-state index is 0.0274. The molecule has 0 bridgehead atoms. The zero-order chi connectivity index (χ0) is 17.5. The number of rotatable bonds is 3. The van der Waals surface area contributed by atoms with Crippen molar-refractivity contribution in [1.82, 2.24) is 4.90 Å². The second-order valence-corrected chi connectivity index (χ2v) is 6.44. The van der Waals surface area contributed by atoms with Gasteiger partial charge < -0.3 is 10.8 Å². The molecule has 1 aromatic rings. The average Bonchev–Trinajstić information content (AvgIpc) is 2.51. The number of hydrogen-bond acceptors (Lipinski definition) is 3. The standard InChI is InChI=1S/C14H20Br2N2O/c1-18(11-2-4-12(19)5-3-11)8-9-6-10(15)7-13(16)14(9)17/h6-7,11-12,19H,2-5,8,17H2,1H3/i6D,7D,8D2. The highest BCUT2D eigenvalue weighted by atomic mass is 79.9. The van der Waals surface area contributed by atoms with Crippen molar-refractivity contribution in [2.45, 2.75) is 44.3 Å². The summed E-state index contributed by atoms with van der Waals surface area (Å²) in [4.78, 5) is 1.59. The van der Waals surface area contributed by atoms with Crippen molar-refractivity contribution in [2.24, 2.45) is 0 Å². The van der Waals surface area contributed by atoms with Crippen molar-refractivity contribution in [1.29, 1.82) is 0 Å². The normalized spacial score (nSPS) is 27.6. The number of benzene rings is 1. The second-order valence-electron chi connectivity index (χ2n) is 4.85. The third-order valence-corrected chi connectivity index (χ3v) is 4.48. The maximum Gasteiger partial charge on any atom is 0.0647 e. The van der Waals surface area contributed by atoms with Crippen LogP contribution in [0.15, 0.2) is 21.0 Å². The minimum atomic E-state index is -1.95. The van der Waals surface area contributed by atoms with Crippen molar-refractivity contribution in [2.75, 3.05) is 12.8 Å². The summed E-state index contributed by atoms with van der Waals surface area (Å²) < 4.78 is 33.7. The van der Waals surface area contributed by atoms with Crippen LogP contribution in [0, 0.1) is 0 Å². The molecule has 5 heteroatoms. The number of nitrogens with zero attached hydrogens (tertiary/aromatic N) is 1. The van der Waals surface area contributed by atoms with Crippen LogP contribution in [-0.4, -0.2) is 29.2 Å². The number of anilines is 1. The Hall–Kier alpha value is -0.100. The summed E-state index contributed by atoms with van der Waals surface area (Å²) in [6.45, 7) is -1.95. The first-order valence-corrected chi connectivity index (χ1v) is 7.82. The topological polar surface area (TPSA) is 49.5 Å². The van der Waals surface area contributed by atoms with E-state index in [0.717, 1.165) is 0 Å². The first-order valence-electron chi connectivity index (χ1n) is 8.24. The summed E-state index contributed by atoms with van der Waals surface area (Å²) in [5, 5.41) is 9.62. The predicted octanol–water partition coefficient (Wildman–Crippen LogP) is 3.53. The monoisotopic (exact) mass is 394 g/mol. The number of nitrogen functional groups attached to an aromatic ring is 1. The fraction of sp³-hybridized carbons (Fsp3) is 0.571. The lowest BCUT2D eigenvalue weighted by atomic mass is 9.92. The number of halogens is 2. The molecule has 0 spiro atoms. The van der Waals surface area contributed by atoms with E-state index < -0.39 is 6.50 Å². The van der Waals surface area contributed by atoms with Crippen LogP contribution in [-0.2, 0) is 6.50 Å². The maximum absolute atomic E-state index is 9.62. The van der Waals surface area contributed by atoms with Gasteiger partial charge in [0.05, 0.1) is 14.5 Å². The van der Waals surface area contributed by atoms with E-state index in [4.69, 9.17) is 11.2 Å². The van der Waals surface area contributed by atoms with E-state index in [1.807, 2.05) is 0 Å². The molecule has 0 saturated heterocycles. The van der Waals surface area contributed by atoms with Crippen LogP contribution < -0.4 is 5.73 Å². The largest absolute Gasteiger partial charge is 0.398 e. The highest BCUT2D eigenvalue weighted by molar-refractivity contribution is 9.11. The van der Waals surface area contributed by atoms with Gasteiger partial charge in [-0.25, -0.2) is 0 Å². The summed E-state index contributed by atoms with van der Waals surface area (Å²) >= 11 is 6.40. The van der Waals surface area contributed by atoms with Crippen molar-refractivity contribution in [3.8, 4) is 0 Å². The first-order chi connectivity index (χ1) is 10.6. The molecule has 0 amide bonds. The van der Waals surface area contributed by atoms with E-state index >= 15 is 0 Å². The highest BCUT2D eigenvalue weighted by Crippen LogP contribution is 2.30. The molecule has 1 aromatic carbocycles. The average molecular weight is 396 g/mol. The molecular weight excluding hydrogens is 372 g/mol. The molecule has 0 aliphatic heterocycles. The Labute approximate surface area is 137 Å². The van der Waals surface area contributed by atoms with Gasteiger partial charge in [0.2, 0.25) is 0 Å². The molecule has 1 aliphatic rings. The number of aliphatic hydroxyl groups is 1. The lowest BCUT2D eigenvalue weighted by Crippen LogP contribution is -2.36. The van der Waals surface area contributed by atoms with Crippen LogP contribution in [0.1, 0.15) is 36.7 Å². The molecule has 0 atom stereocenters. The molecule has 1 aliphatic carbocycles. The van der Waals surface area contributed by atoms with Gasteiger partial charge in [0.15, 0.2) is 0 Å². The third-order valence-electron chi connectivity index (χ3n) is 3.46. The fourth-order valence-corrected chi connectivity index (χ4v) is 3.34. The van der Waals surface area contributed by atoms with E-state index in [1.54, 1.807) is 11.9 Å². The van der Waals surface area contributed by atoms with E-state index in [0.29, 0.717) is 25.7 Å². The number of nitrogens with two attached hydrogens (primary N) is 1. The van der Waals surface area contributed by atoms with Gasteiger partial charge in [0.25, 0.3) is 0 Å². The molecular formula is C14H20Br2N2O. The van der Waals surface area contributed by atoms with Crippen molar-refractivity contribution in [3.05, 3.63) is 26.6 Å². The molecule has 0 unspecified atom stereocenters. The van der Waals surface area contributed by atoms with E-state index in [2.05, 4.69) is 31.9 Å². The lowest BCUT2D eigenvalue weighted by Gasteiger charge is -2.33. The number of hydrogen-bond donors (Lipinski definition) is 2. The van der Waals surface area contributed by atoms with Crippen molar-refractivity contribution < 1.29 is 10.6 Å². The summed E-state index contributed by atoms with van der Waals surface area (Å²) in [6.07, 6.45) is 2.38. The Morgan fingerprint density at radius 3 is 2.68 bits per heavy atom. The molecule has 3 nitrogen and oxygen atoms in total. The van der Waals surface area contributed by atoms with Crippen LogP contribution in [0.3, 0.4) is 0 Å². The van der Waals surface area contributed by atoms with Crippen LogP contribution in [0.5, 0.6) is 0 Å². The van der Waals surface area contributed by atoms with Gasteiger partial charge >= 0.3 is 0 Å². The maximum atomic E-state index is 9.62. The van der Waals surface area contributed by atoms with Gasteiger partial charge in [-0.15, -0.1) is 0 Å². The lowest BCUT2D eigenvalue weighted by molar-refractivity contribution is 0.0818. The summed E-state index contributed by atoms with van der Waals surface area (Å²) in [6, 6.07) is -0.0979. The molecule has 19 heavy (non-hydrogen) atoms. The zero-order valence-electron chi connectivity index (χ0n) is 14.7. The Morgan fingerprint density at radius 1 is 1.42 bits per heavy atom. The smallest absolute Gasteiger partial charge is 0.0647 e. The fourth-order valence-electron chi connectivity index (χ4n) is 2.28. The van der Waals surface area contributed by atoms with Gasteiger partial charge in [0.1, 0.15) is 0 Å². The molecule has 1 saturated carbocycles. The molecule has 0 radical (unpaired) electrons. The summed E-state index contributed by atoms with van der Waals surface area (Å²) in [7, 11) is 1.68. The predicted molar refractivity (Wildman–Crippen MR) is 86.0 cm³/mol. The molecule has 1 fully saturated rings. The van der Waals surface area contributed by atoms with Crippen molar-refractivity contribution in [3.63, 3.8) is 0 Å². The van der Waals surface area contributed by atoms with Crippen LogP contribution in [0.4, 0.5) is 5.69 Å². The van der Waals surface area contributed by atoms with E-state index in [9.17, 15) is 5.11 Å². The summed E-state index contributed by atoms with van der Waals surface area (Å²) in [5.74, 6) is 0. The molecule has 106 valence electrons. The Morgan fingerprint density at radius 2 is 2.05 bits per heavy atom. The SMILES string of the molecule is [2H]c1c(Br)c([2H])c(C([2H])([2H])N(C)C2CCC(O)CC2)c(N)c1Br. The van der Waals surface area contributed by atoms with Gasteiger partial charge in [-0.1, -0.05) is 15.9 Å². The minimum Gasteiger partial charge on any atom is -0.398 e. The van der Waals surface area contributed by atoms with Crippen LogP contribution >= 0.6 is 31.9 Å². The van der Waals surface area contributed by atoms with Crippen LogP contribution in [0.2, 0.25) is 0 Å². The summed E-state index contributed by atoms with van der Waals surface area (Å²) in [5.41, 5.74) is 6.15. The van der Waals surface area contributed by atoms with Gasteiger partial charge in [-0.05, 0) is 66.3 Å². The Bertz CT molecular complexity index is 578. The van der Waals surface area contributed by atoms with E-state index in [1.165, 1.54) is 0 Å². The van der Waals surface area contributed by atoms with Gasteiger partial charge in [-0.3, -0.25) is 4.90 Å². The van der Waals surface area contributed by atoms with Gasteiger partial charge in [-0.2, -0.15) is 0 Å². The molecule has 0 heterocycles. The van der Waals surface area contributed by atoms with Crippen molar-refractivity contribution >= 4 is 37.5 Å². The van der Waals surface area contributed by atoms with Crippen LogP contribution in [0.25, 0.3) is 0 Å². The first kappa shape index (κ1) is 10.6.